The fourth-order valence-corrected chi connectivity index (χ4v) is 1.94. The van der Waals surface area contributed by atoms with Crippen LogP contribution >= 0.6 is 0 Å². The third-order valence-corrected chi connectivity index (χ3v) is 2.89. The molecule has 0 amide bonds. The zero-order valence-electron chi connectivity index (χ0n) is 10.2. The molecule has 94 valence electrons. The van der Waals surface area contributed by atoms with Crippen molar-refractivity contribution in [2.45, 2.75) is 6.61 Å². The van der Waals surface area contributed by atoms with Crippen LogP contribution in [0.25, 0.3) is 5.65 Å². The summed E-state index contributed by atoms with van der Waals surface area (Å²) in [6, 6.07) is 13.6. The largest absolute Gasteiger partial charge is 0.485 e. The molecular weight excluding hydrogens is 240 g/mol. The molecule has 0 aliphatic rings. The molecule has 1 aromatic carbocycles. The van der Waals surface area contributed by atoms with Gasteiger partial charge in [-0.05, 0) is 17.7 Å². The molecule has 2 aromatic heterocycles. The third-order valence-electron chi connectivity index (χ3n) is 2.89. The van der Waals surface area contributed by atoms with Gasteiger partial charge in [0.1, 0.15) is 12.3 Å². The molecule has 0 bridgehead atoms. The van der Waals surface area contributed by atoms with Crippen LogP contribution in [0.3, 0.4) is 0 Å². The maximum Gasteiger partial charge on any atom is 0.180 e. The zero-order chi connectivity index (χ0) is 13.1. The number of carbonyl (C=O) groups excluding carboxylic acids is 1. The van der Waals surface area contributed by atoms with E-state index in [1.807, 2.05) is 42.5 Å². The number of carbonyl (C=O) groups is 1. The summed E-state index contributed by atoms with van der Waals surface area (Å²) in [5, 5.41) is 0. The number of pyridine rings is 1. The molecule has 0 radical (unpaired) electrons. The Kier molecular flexibility index (Phi) is 2.98. The molecule has 0 unspecified atom stereocenters. The standard InChI is InChI=1S/C15H12N2O2/c18-10-13-9-16-15-14(7-4-8-17(13)15)19-11-12-5-2-1-3-6-12/h1-10H,11H2. The molecular formula is C15H12N2O2. The minimum absolute atomic E-state index is 0.476. The smallest absolute Gasteiger partial charge is 0.180 e. The minimum Gasteiger partial charge on any atom is -0.485 e. The van der Waals surface area contributed by atoms with Gasteiger partial charge in [-0.3, -0.25) is 9.20 Å². The predicted molar refractivity (Wildman–Crippen MR) is 71.4 cm³/mol. The van der Waals surface area contributed by atoms with Crippen molar-refractivity contribution < 1.29 is 9.53 Å². The topological polar surface area (TPSA) is 43.6 Å². The van der Waals surface area contributed by atoms with Crippen LogP contribution in [-0.2, 0) is 6.61 Å². The van der Waals surface area contributed by atoms with Gasteiger partial charge in [0.2, 0.25) is 0 Å². The molecule has 0 spiro atoms. The summed E-state index contributed by atoms with van der Waals surface area (Å²) in [5.74, 6) is 0.666. The van der Waals surface area contributed by atoms with E-state index >= 15 is 0 Å². The first kappa shape index (κ1) is 11.5. The van der Waals surface area contributed by atoms with Gasteiger partial charge in [0.25, 0.3) is 0 Å². The fraction of sp³-hybridized carbons (Fsp3) is 0.0667. The lowest BCUT2D eigenvalue weighted by Gasteiger charge is -2.07. The first-order valence-electron chi connectivity index (χ1n) is 5.96. The van der Waals surface area contributed by atoms with E-state index in [4.69, 9.17) is 4.74 Å². The molecule has 4 nitrogen and oxygen atoms in total. The Morgan fingerprint density at radius 3 is 2.79 bits per heavy atom. The van der Waals surface area contributed by atoms with Gasteiger partial charge in [-0.15, -0.1) is 0 Å². The molecule has 2 heterocycles. The number of hydrogen-bond acceptors (Lipinski definition) is 3. The van der Waals surface area contributed by atoms with Crippen LogP contribution in [0.2, 0.25) is 0 Å². The van der Waals surface area contributed by atoms with Crippen molar-refractivity contribution in [1.29, 1.82) is 0 Å². The number of rotatable bonds is 4. The number of aldehydes is 1. The SMILES string of the molecule is O=Cc1cnc2c(OCc3ccccc3)cccn12. The summed E-state index contributed by atoms with van der Waals surface area (Å²) in [6.45, 7) is 0.476. The normalized spacial score (nSPS) is 10.5. The van der Waals surface area contributed by atoms with Crippen LogP contribution in [0.15, 0.2) is 54.9 Å². The van der Waals surface area contributed by atoms with E-state index in [0.29, 0.717) is 23.7 Å². The van der Waals surface area contributed by atoms with Crippen molar-refractivity contribution in [2.24, 2.45) is 0 Å². The highest BCUT2D eigenvalue weighted by Crippen LogP contribution is 2.20. The van der Waals surface area contributed by atoms with Crippen LogP contribution in [0.5, 0.6) is 5.75 Å². The van der Waals surface area contributed by atoms with Crippen molar-refractivity contribution in [1.82, 2.24) is 9.38 Å². The van der Waals surface area contributed by atoms with Crippen LogP contribution < -0.4 is 4.74 Å². The van der Waals surface area contributed by atoms with Gasteiger partial charge in [-0.1, -0.05) is 30.3 Å². The summed E-state index contributed by atoms with van der Waals surface area (Å²) >= 11 is 0. The van der Waals surface area contributed by atoms with Gasteiger partial charge in [0.15, 0.2) is 17.7 Å². The molecule has 0 atom stereocenters. The summed E-state index contributed by atoms with van der Waals surface area (Å²) < 4.78 is 7.48. The summed E-state index contributed by atoms with van der Waals surface area (Å²) in [7, 11) is 0. The van der Waals surface area contributed by atoms with E-state index in [-0.39, 0.29) is 0 Å². The molecule has 0 N–H and O–H groups in total. The van der Waals surface area contributed by atoms with E-state index in [0.717, 1.165) is 11.8 Å². The average Bonchev–Trinajstić information content (AvgIpc) is 2.90. The highest BCUT2D eigenvalue weighted by Gasteiger charge is 2.07. The molecule has 19 heavy (non-hydrogen) atoms. The van der Waals surface area contributed by atoms with Crippen LogP contribution in [0, 0.1) is 0 Å². The van der Waals surface area contributed by atoms with Gasteiger partial charge in [0.05, 0.1) is 6.20 Å². The van der Waals surface area contributed by atoms with E-state index < -0.39 is 0 Å². The number of hydrogen-bond donors (Lipinski definition) is 0. The molecule has 0 fully saturated rings. The monoisotopic (exact) mass is 252 g/mol. The zero-order valence-corrected chi connectivity index (χ0v) is 10.2. The maximum absolute atomic E-state index is 10.9. The Balaban J connectivity index is 1.89. The number of imidazole rings is 1. The molecule has 0 aliphatic carbocycles. The number of benzene rings is 1. The lowest BCUT2D eigenvalue weighted by molar-refractivity contribution is 0.111. The lowest BCUT2D eigenvalue weighted by atomic mass is 10.2. The Labute approximate surface area is 110 Å². The number of nitrogens with zero attached hydrogens (tertiary/aromatic N) is 2. The van der Waals surface area contributed by atoms with Crippen molar-refractivity contribution in [3.63, 3.8) is 0 Å². The third kappa shape index (κ3) is 2.20. The van der Waals surface area contributed by atoms with Crippen LogP contribution in [0.4, 0.5) is 0 Å². The second-order valence-corrected chi connectivity index (χ2v) is 4.14. The van der Waals surface area contributed by atoms with Gasteiger partial charge in [0, 0.05) is 6.20 Å². The number of aromatic nitrogens is 2. The van der Waals surface area contributed by atoms with Crippen molar-refractivity contribution in [3.05, 3.63) is 66.1 Å². The molecule has 0 aliphatic heterocycles. The number of fused-ring (bicyclic) bond motifs is 1. The van der Waals surface area contributed by atoms with Gasteiger partial charge < -0.3 is 4.74 Å². The van der Waals surface area contributed by atoms with E-state index in [2.05, 4.69) is 4.98 Å². The van der Waals surface area contributed by atoms with Crippen molar-refractivity contribution >= 4 is 11.9 Å². The minimum atomic E-state index is 0.476. The Morgan fingerprint density at radius 1 is 1.16 bits per heavy atom. The maximum atomic E-state index is 10.9. The average molecular weight is 252 g/mol. The summed E-state index contributed by atoms with van der Waals surface area (Å²) in [6.07, 6.45) is 4.11. The van der Waals surface area contributed by atoms with Crippen molar-refractivity contribution in [3.8, 4) is 5.75 Å². The summed E-state index contributed by atoms with van der Waals surface area (Å²) in [5.41, 5.74) is 2.26. The second-order valence-electron chi connectivity index (χ2n) is 4.14. The van der Waals surface area contributed by atoms with Crippen molar-refractivity contribution in [2.75, 3.05) is 0 Å². The molecule has 0 saturated heterocycles. The van der Waals surface area contributed by atoms with Gasteiger partial charge in [-0.2, -0.15) is 0 Å². The van der Waals surface area contributed by atoms with E-state index in [9.17, 15) is 4.79 Å². The quantitative estimate of drug-likeness (QED) is 0.670. The molecule has 0 saturated carbocycles. The number of ether oxygens (including phenoxy) is 1. The predicted octanol–water partition coefficient (Wildman–Crippen LogP) is 2.73. The first-order chi connectivity index (χ1) is 9.38. The van der Waals surface area contributed by atoms with E-state index in [1.54, 1.807) is 10.6 Å². The highest BCUT2D eigenvalue weighted by molar-refractivity contribution is 5.75. The Hall–Kier alpha value is -2.62. The molecule has 4 heteroatoms. The Bertz CT molecular complexity index is 704. The molecule has 3 aromatic rings. The van der Waals surface area contributed by atoms with Crippen LogP contribution in [-0.4, -0.2) is 15.7 Å². The van der Waals surface area contributed by atoms with Gasteiger partial charge in [-0.25, -0.2) is 4.98 Å². The van der Waals surface area contributed by atoms with Gasteiger partial charge >= 0.3 is 0 Å². The highest BCUT2D eigenvalue weighted by atomic mass is 16.5. The van der Waals surface area contributed by atoms with E-state index in [1.165, 1.54) is 6.20 Å². The lowest BCUT2D eigenvalue weighted by Crippen LogP contribution is -1.98. The fourth-order valence-electron chi connectivity index (χ4n) is 1.94. The summed E-state index contributed by atoms with van der Waals surface area (Å²) in [4.78, 5) is 15.1. The first-order valence-corrected chi connectivity index (χ1v) is 5.96. The second kappa shape index (κ2) is 4.94. The Morgan fingerprint density at radius 2 is 2.00 bits per heavy atom. The van der Waals surface area contributed by atoms with Crippen LogP contribution in [0.1, 0.15) is 16.1 Å². The molecule has 3 rings (SSSR count).